The number of aromatic nitrogens is 2. The van der Waals surface area contributed by atoms with Gasteiger partial charge in [-0.15, -0.1) is 0 Å². The molecule has 2 heterocycles. The molecule has 1 N–H and O–H groups in total. The van der Waals surface area contributed by atoms with E-state index in [0.29, 0.717) is 18.7 Å². The first-order valence-corrected chi connectivity index (χ1v) is 9.62. The summed E-state index contributed by atoms with van der Waals surface area (Å²) in [5.74, 6) is 0.766. The van der Waals surface area contributed by atoms with Crippen LogP contribution in [0.3, 0.4) is 0 Å². The highest BCUT2D eigenvalue weighted by Gasteiger charge is 2.15. The highest BCUT2D eigenvalue weighted by atomic mass is 16.5. The molecule has 0 saturated heterocycles. The van der Waals surface area contributed by atoms with Crippen LogP contribution in [0.1, 0.15) is 21.5 Å². The van der Waals surface area contributed by atoms with Gasteiger partial charge in [0.2, 0.25) is 0 Å². The van der Waals surface area contributed by atoms with Gasteiger partial charge in [0, 0.05) is 42.6 Å². The molecule has 146 valence electrons. The number of rotatable bonds is 7. The number of carbonyl (C=O) groups is 1. The average molecular weight is 385 g/mol. The summed E-state index contributed by atoms with van der Waals surface area (Å²) in [4.78, 5) is 17.0. The zero-order valence-corrected chi connectivity index (χ0v) is 16.3. The molecule has 0 saturated carbocycles. The van der Waals surface area contributed by atoms with Crippen LogP contribution in [0, 0.1) is 0 Å². The van der Waals surface area contributed by atoms with Crippen molar-refractivity contribution in [2.75, 3.05) is 13.7 Å². The van der Waals surface area contributed by atoms with Crippen LogP contribution in [0.4, 0.5) is 0 Å². The van der Waals surface area contributed by atoms with Gasteiger partial charge in [-0.2, -0.15) is 0 Å². The van der Waals surface area contributed by atoms with Gasteiger partial charge in [0.15, 0.2) is 0 Å². The SMILES string of the molecule is COc1cccc(Cn2cc(C(=O)NCCc3cccnc3)c3ccccc32)c1. The van der Waals surface area contributed by atoms with Crippen LogP contribution in [0.5, 0.6) is 5.75 Å². The zero-order chi connectivity index (χ0) is 20.1. The lowest BCUT2D eigenvalue weighted by Gasteiger charge is -2.07. The van der Waals surface area contributed by atoms with Crippen molar-refractivity contribution in [3.05, 3.63) is 95.9 Å². The lowest BCUT2D eigenvalue weighted by Crippen LogP contribution is -2.25. The number of nitrogens with zero attached hydrogens (tertiary/aromatic N) is 2. The zero-order valence-electron chi connectivity index (χ0n) is 16.3. The van der Waals surface area contributed by atoms with Gasteiger partial charge < -0.3 is 14.6 Å². The number of benzene rings is 2. The van der Waals surface area contributed by atoms with Gasteiger partial charge in [-0.05, 0) is 41.8 Å². The van der Waals surface area contributed by atoms with Crippen molar-refractivity contribution in [3.63, 3.8) is 0 Å². The summed E-state index contributed by atoms with van der Waals surface area (Å²) in [7, 11) is 1.66. The Morgan fingerprint density at radius 3 is 2.76 bits per heavy atom. The van der Waals surface area contributed by atoms with Crippen molar-refractivity contribution < 1.29 is 9.53 Å². The van der Waals surface area contributed by atoms with Crippen molar-refractivity contribution in [3.8, 4) is 5.75 Å². The third-order valence-corrected chi connectivity index (χ3v) is 4.94. The fraction of sp³-hybridized carbons (Fsp3) is 0.167. The summed E-state index contributed by atoms with van der Waals surface area (Å²) in [6.45, 7) is 1.24. The molecule has 2 aromatic carbocycles. The van der Waals surface area contributed by atoms with Crippen molar-refractivity contribution in [2.24, 2.45) is 0 Å². The Morgan fingerprint density at radius 2 is 1.93 bits per heavy atom. The van der Waals surface area contributed by atoms with Crippen LogP contribution in [-0.4, -0.2) is 29.1 Å². The molecule has 5 heteroatoms. The van der Waals surface area contributed by atoms with E-state index in [9.17, 15) is 4.79 Å². The lowest BCUT2D eigenvalue weighted by molar-refractivity contribution is 0.0955. The van der Waals surface area contributed by atoms with E-state index in [0.717, 1.165) is 34.2 Å². The van der Waals surface area contributed by atoms with Crippen LogP contribution in [0.2, 0.25) is 0 Å². The maximum absolute atomic E-state index is 12.9. The van der Waals surface area contributed by atoms with Crippen LogP contribution < -0.4 is 10.1 Å². The first-order chi connectivity index (χ1) is 14.2. The Balaban J connectivity index is 1.54. The first-order valence-electron chi connectivity index (χ1n) is 9.62. The van der Waals surface area contributed by atoms with E-state index in [2.05, 4.69) is 20.9 Å². The molecule has 0 aliphatic carbocycles. The maximum atomic E-state index is 12.9. The highest BCUT2D eigenvalue weighted by molar-refractivity contribution is 6.07. The third kappa shape index (κ3) is 4.29. The molecule has 0 fully saturated rings. The normalized spacial score (nSPS) is 10.8. The molecule has 0 radical (unpaired) electrons. The van der Waals surface area contributed by atoms with Crippen LogP contribution in [0.15, 0.2) is 79.3 Å². The van der Waals surface area contributed by atoms with Gasteiger partial charge >= 0.3 is 0 Å². The number of nitrogens with one attached hydrogen (secondary N) is 1. The van der Waals surface area contributed by atoms with Gasteiger partial charge in [-0.3, -0.25) is 9.78 Å². The molecule has 0 aliphatic rings. The minimum absolute atomic E-state index is 0.0607. The van der Waals surface area contributed by atoms with Crippen molar-refractivity contribution in [2.45, 2.75) is 13.0 Å². The fourth-order valence-corrected chi connectivity index (χ4v) is 3.49. The Morgan fingerprint density at radius 1 is 1.07 bits per heavy atom. The second kappa shape index (κ2) is 8.61. The molecular weight excluding hydrogens is 362 g/mol. The van der Waals surface area contributed by atoms with Crippen LogP contribution in [-0.2, 0) is 13.0 Å². The van der Waals surface area contributed by atoms with Crippen molar-refractivity contribution in [1.82, 2.24) is 14.9 Å². The molecule has 2 aromatic heterocycles. The molecule has 0 atom stereocenters. The molecule has 0 aliphatic heterocycles. The summed E-state index contributed by atoms with van der Waals surface area (Å²) >= 11 is 0. The largest absolute Gasteiger partial charge is 0.497 e. The predicted octanol–water partition coefficient (Wildman–Crippen LogP) is 4.07. The molecule has 0 unspecified atom stereocenters. The molecule has 4 rings (SSSR count). The van der Waals surface area contributed by atoms with Crippen LogP contribution >= 0.6 is 0 Å². The number of para-hydroxylation sites is 1. The number of amides is 1. The summed E-state index contributed by atoms with van der Waals surface area (Å²) < 4.78 is 7.44. The molecule has 1 amide bonds. The lowest BCUT2D eigenvalue weighted by atomic mass is 10.1. The fourth-order valence-electron chi connectivity index (χ4n) is 3.49. The Bertz CT molecular complexity index is 1120. The van der Waals surface area contributed by atoms with Gasteiger partial charge in [0.25, 0.3) is 5.91 Å². The number of hydrogen-bond donors (Lipinski definition) is 1. The standard InChI is InChI=1S/C24H23N3O2/c1-29-20-8-4-6-19(14-20)16-27-17-22(21-9-2-3-10-23(21)27)24(28)26-13-11-18-7-5-12-25-15-18/h2-10,12,14-15,17H,11,13,16H2,1H3,(H,26,28). The summed E-state index contributed by atoms with van der Waals surface area (Å²) in [6, 6.07) is 19.9. The molecular formula is C24H23N3O2. The van der Waals surface area contributed by atoms with Crippen LogP contribution in [0.25, 0.3) is 10.9 Å². The summed E-state index contributed by atoms with van der Waals surface area (Å²) in [5.41, 5.74) is 3.95. The van der Waals surface area contributed by atoms with E-state index >= 15 is 0 Å². The Labute approximate surface area is 170 Å². The van der Waals surface area contributed by atoms with Crippen molar-refractivity contribution in [1.29, 1.82) is 0 Å². The predicted molar refractivity (Wildman–Crippen MR) is 114 cm³/mol. The molecule has 0 spiro atoms. The topological polar surface area (TPSA) is 56.1 Å². The second-order valence-corrected chi connectivity index (χ2v) is 6.91. The van der Waals surface area contributed by atoms with Gasteiger partial charge in [-0.25, -0.2) is 0 Å². The minimum Gasteiger partial charge on any atom is -0.497 e. The quantitative estimate of drug-likeness (QED) is 0.522. The Hall–Kier alpha value is -3.60. The number of pyridine rings is 1. The number of methoxy groups -OCH3 is 1. The maximum Gasteiger partial charge on any atom is 0.253 e. The summed E-state index contributed by atoms with van der Waals surface area (Å²) in [6.07, 6.45) is 6.26. The van der Waals surface area contributed by atoms with E-state index in [-0.39, 0.29) is 5.91 Å². The first kappa shape index (κ1) is 18.7. The van der Waals surface area contributed by atoms with E-state index in [1.54, 1.807) is 13.3 Å². The third-order valence-electron chi connectivity index (χ3n) is 4.94. The van der Waals surface area contributed by atoms with Gasteiger partial charge in [-0.1, -0.05) is 36.4 Å². The smallest absolute Gasteiger partial charge is 0.253 e. The Kier molecular flexibility index (Phi) is 5.56. The van der Waals surface area contributed by atoms with E-state index in [1.165, 1.54) is 0 Å². The molecule has 4 aromatic rings. The molecule has 5 nitrogen and oxygen atoms in total. The van der Waals surface area contributed by atoms with Gasteiger partial charge in [0.05, 0.1) is 12.7 Å². The number of fused-ring (bicyclic) bond motifs is 1. The van der Waals surface area contributed by atoms with E-state index in [4.69, 9.17) is 4.74 Å². The monoisotopic (exact) mass is 385 g/mol. The van der Waals surface area contributed by atoms with Gasteiger partial charge in [0.1, 0.15) is 5.75 Å². The van der Waals surface area contributed by atoms with E-state index < -0.39 is 0 Å². The average Bonchev–Trinajstić information content (AvgIpc) is 3.13. The van der Waals surface area contributed by atoms with E-state index in [1.807, 2.05) is 67.0 Å². The molecule has 0 bridgehead atoms. The number of carbonyl (C=O) groups excluding carboxylic acids is 1. The number of hydrogen-bond acceptors (Lipinski definition) is 3. The second-order valence-electron chi connectivity index (χ2n) is 6.91. The van der Waals surface area contributed by atoms with Crippen molar-refractivity contribution >= 4 is 16.8 Å². The minimum atomic E-state index is -0.0607. The number of ether oxygens (including phenoxy) is 1. The molecule has 29 heavy (non-hydrogen) atoms. The highest BCUT2D eigenvalue weighted by Crippen LogP contribution is 2.23. The summed E-state index contributed by atoms with van der Waals surface area (Å²) in [5, 5.41) is 3.99.